The minimum absolute atomic E-state index is 0.173. The zero-order valence-corrected chi connectivity index (χ0v) is 9.90. The predicted octanol–water partition coefficient (Wildman–Crippen LogP) is 0.822. The number of carbonyl (C=O) groups is 1. The van der Waals surface area contributed by atoms with Gasteiger partial charge in [0.25, 0.3) is 5.56 Å². The molecule has 0 saturated carbocycles. The van der Waals surface area contributed by atoms with Gasteiger partial charge in [-0.1, -0.05) is 12.1 Å². The first-order chi connectivity index (χ1) is 8.70. The molecule has 0 aliphatic heterocycles. The van der Waals surface area contributed by atoms with E-state index in [1.807, 2.05) is 6.07 Å². The van der Waals surface area contributed by atoms with Gasteiger partial charge in [-0.25, -0.2) is 9.78 Å². The van der Waals surface area contributed by atoms with Crippen LogP contribution in [0, 0.1) is 0 Å². The highest BCUT2D eigenvalue weighted by molar-refractivity contribution is 5.77. The topological polar surface area (TPSA) is 84.1 Å². The number of amides is 1. The van der Waals surface area contributed by atoms with Crippen LogP contribution in [-0.2, 0) is 11.2 Å². The molecule has 1 aromatic heterocycles. The highest BCUT2D eigenvalue weighted by Gasteiger charge is 2.04. The van der Waals surface area contributed by atoms with Gasteiger partial charge in [0.15, 0.2) is 0 Å². The quantitative estimate of drug-likeness (QED) is 0.841. The largest absolute Gasteiger partial charge is 0.453 e. The maximum Gasteiger partial charge on any atom is 0.406 e. The third-order valence-corrected chi connectivity index (χ3v) is 2.48. The van der Waals surface area contributed by atoms with Crippen LogP contribution in [-0.4, -0.2) is 29.7 Å². The average Bonchev–Trinajstić information content (AvgIpc) is 2.38. The first kappa shape index (κ1) is 12.1. The van der Waals surface area contributed by atoms with Crippen LogP contribution in [0.15, 0.2) is 29.1 Å². The highest BCUT2D eigenvalue weighted by Crippen LogP contribution is 2.05. The van der Waals surface area contributed by atoms with Crippen LogP contribution in [0.2, 0.25) is 0 Å². The Balaban J connectivity index is 2.15. The van der Waals surface area contributed by atoms with Gasteiger partial charge in [-0.2, -0.15) is 0 Å². The van der Waals surface area contributed by atoms with E-state index in [4.69, 9.17) is 0 Å². The Morgan fingerprint density at radius 1 is 1.44 bits per heavy atom. The fourth-order valence-corrected chi connectivity index (χ4v) is 1.61. The number of fused-ring (bicyclic) bond motifs is 1. The molecule has 2 rings (SSSR count). The molecule has 0 spiro atoms. The van der Waals surface area contributed by atoms with E-state index in [1.54, 1.807) is 18.2 Å². The lowest BCUT2D eigenvalue weighted by molar-refractivity contribution is 0.171. The van der Waals surface area contributed by atoms with E-state index in [-0.39, 0.29) is 5.56 Å². The molecule has 6 nitrogen and oxygen atoms in total. The Bertz CT molecular complexity index is 621. The second-order valence-electron chi connectivity index (χ2n) is 3.70. The number of carbonyl (C=O) groups excluding carboxylic acids is 1. The van der Waals surface area contributed by atoms with Crippen molar-refractivity contribution in [3.63, 3.8) is 0 Å². The number of alkyl carbamates (subject to hydrolysis) is 1. The normalized spacial score (nSPS) is 10.3. The van der Waals surface area contributed by atoms with Crippen LogP contribution < -0.4 is 10.9 Å². The molecule has 0 radical (unpaired) electrons. The van der Waals surface area contributed by atoms with Gasteiger partial charge in [0, 0.05) is 13.0 Å². The molecule has 0 atom stereocenters. The molecule has 2 N–H and O–H groups in total. The van der Waals surface area contributed by atoms with Crippen molar-refractivity contribution in [1.82, 2.24) is 15.3 Å². The molecule has 0 unspecified atom stereocenters. The zero-order chi connectivity index (χ0) is 13.0. The summed E-state index contributed by atoms with van der Waals surface area (Å²) in [6.07, 6.45) is -0.0621. The summed E-state index contributed by atoms with van der Waals surface area (Å²) in [5.74, 6) is 0.537. The average molecular weight is 247 g/mol. The van der Waals surface area contributed by atoms with Crippen molar-refractivity contribution < 1.29 is 9.53 Å². The van der Waals surface area contributed by atoms with Gasteiger partial charge >= 0.3 is 6.09 Å². The van der Waals surface area contributed by atoms with Crippen LogP contribution in [0.3, 0.4) is 0 Å². The van der Waals surface area contributed by atoms with E-state index >= 15 is 0 Å². The van der Waals surface area contributed by atoms with Gasteiger partial charge in [-0.3, -0.25) is 4.79 Å². The molecular formula is C12H13N3O3. The van der Waals surface area contributed by atoms with Crippen molar-refractivity contribution in [3.8, 4) is 0 Å². The molecule has 1 heterocycles. The van der Waals surface area contributed by atoms with Crippen molar-refractivity contribution in [2.24, 2.45) is 0 Å². The standard InChI is InChI=1S/C12H13N3O3/c1-18-12(17)13-7-6-10-14-9-5-3-2-4-8(9)11(16)15-10/h2-5H,6-7H2,1H3,(H,13,17)(H,14,15,16). The fourth-order valence-electron chi connectivity index (χ4n) is 1.61. The van der Waals surface area contributed by atoms with Crippen LogP contribution in [0.1, 0.15) is 5.82 Å². The highest BCUT2D eigenvalue weighted by atomic mass is 16.5. The molecule has 0 fully saturated rings. The molecule has 0 bridgehead atoms. The van der Waals surface area contributed by atoms with E-state index in [1.165, 1.54) is 7.11 Å². The zero-order valence-electron chi connectivity index (χ0n) is 9.90. The Labute approximate surface area is 103 Å². The van der Waals surface area contributed by atoms with E-state index in [0.717, 1.165) is 0 Å². The number of hydrogen-bond donors (Lipinski definition) is 2. The number of aromatic amines is 1. The maximum absolute atomic E-state index is 11.7. The minimum Gasteiger partial charge on any atom is -0.453 e. The molecule has 2 aromatic rings. The van der Waals surface area contributed by atoms with Crippen LogP contribution in [0.5, 0.6) is 0 Å². The van der Waals surface area contributed by atoms with E-state index in [9.17, 15) is 9.59 Å². The molecule has 1 aromatic carbocycles. The van der Waals surface area contributed by atoms with Crippen molar-refractivity contribution in [2.75, 3.05) is 13.7 Å². The second kappa shape index (κ2) is 5.31. The molecule has 94 valence electrons. The Hall–Kier alpha value is -2.37. The number of methoxy groups -OCH3 is 1. The summed E-state index contributed by atoms with van der Waals surface area (Å²) in [5, 5.41) is 3.08. The summed E-state index contributed by atoms with van der Waals surface area (Å²) >= 11 is 0. The van der Waals surface area contributed by atoms with Gasteiger partial charge in [0.1, 0.15) is 5.82 Å². The summed E-state index contributed by atoms with van der Waals surface area (Å²) in [7, 11) is 1.30. The smallest absolute Gasteiger partial charge is 0.406 e. The van der Waals surface area contributed by atoms with Gasteiger partial charge in [0.05, 0.1) is 18.0 Å². The Morgan fingerprint density at radius 3 is 3.00 bits per heavy atom. The minimum atomic E-state index is -0.502. The first-order valence-corrected chi connectivity index (χ1v) is 5.50. The van der Waals surface area contributed by atoms with Crippen LogP contribution in [0.25, 0.3) is 10.9 Å². The number of nitrogens with zero attached hydrogens (tertiary/aromatic N) is 1. The van der Waals surface area contributed by atoms with Gasteiger partial charge in [-0.05, 0) is 12.1 Å². The summed E-state index contributed by atoms with van der Waals surface area (Å²) < 4.78 is 4.44. The fraction of sp³-hybridized carbons (Fsp3) is 0.250. The third-order valence-electron chi connectivity index (χ3n) is 2.48. The van der Waals surface area contributed by atoms with Crippen molar-refractivity contribution in [2.45, 2.75) is 6.42 Å². The third kappa shape index (κ3) is 2.65. The number of aromatic nitrogens is 2. The molecule has 0 saturated heterocycles. The monoisotopic (exact) mass is 247 g/mol. The second-order valence-corrected chi connectivity index (χ2v) is 3.70. The number of ether oxygens (including phenoxy) is 1. The van der Waals surface area contributed by atoms with Crippen molar-refractivity contribution >= 4 is 17.0 Å². The molecular weight excluding hydrogens is 234 g/mol. The van der Waals surface area contributed by atoms with Crippen LogP contribution in [0.4, 0.5) is 4.79 Å². The van der Waals surface area contributed by atoms with Gasteiger partial charge in [0.2, 0.25) is 0 Å². The number of nitrogens with one attached hydrogen (secondary N) is 2. The van der Waals surface area contributed by atoms with Crippen molar-refractivity contribution in [3.05, 3.63) is 40.4 Å². The Kier molecular flexibility index (Phi) is 3.57. The summed E-state index contributed by atoms with van der Waals surface area (Å²) in [5.41, 5.74) is 0.475. The van der Waals surface area contributed by atoms with E-state index in [0.29, 0.717) is 29.7 Å². The Morgan fingerprint density at radius 2 is 2.22 bits per heavy atom. The molecule has 6 heteroatoms. The lowest BCUT2D eigenvalue weighted by Gasteiger charge is -2.04. The number of hydrogen-bond acceptors (Lipinski definition) is 4. The van der Waals surface area contributed by atoms with E-state index in [2.05, 4.69) is 20.0 Å². The molecule has 0 aliphatic carbocycles. The molecule has 18 heavy (non-hydrogen) atoms. The lowest BCUT2D eigenvalue weighted by Crippen LogP contribution is -2.26. The molecule has 1 amide bonds. The lowest BCUT2D eigenvalue weighted by atomic mass is 10.2. The summed E-state index contributed by atoms with van der Waals surface area (Å²) in [4.78, 5) is 29.6. The van der Waals surface area contributed by atoms with Gasteiger partial charge in [-0.15, -0.1) is 0 Å². The van der Waals surface area contributed by atoms with Gasteiger partial charge < -0.3 is 15.0 Å². The summed E-state index contributed by atoms with van der Waals surface area (Å²) in [6.45, 7) is 0.355. The maximum atomic E-state index is 11.7. The number of rotatable bonds is 3. The van der Waals surface area contributed by atoms with Crippen LogP contribution >= 0.6 is 0 Å². The number of benzene rings is 1. The van der Waals surface area contributed by atoms with Crippen molar-refractivity contribution in [1.29, 1.82) is 0 Å². The summed E-state index contributed by atoms with van der Waals surface area (Å²) in [6, 6.07) is 7.11. The van der Waals surface area contributed by atoms with E-state index < -0.39 is 6.09 Å². The molecule has 0 aliphatic rings. The number of H-pyrrole nitrogens is 1. The first-order valence-electron chi connectivity index (χ1n) is 5.50. The number of para-hydroxylation sites is 1. The SMILES string of the molecule is COC(=O)NCCc1nc2ccccc2c(=O)[nH]1. The predicted molar refractivity (Wildman–Crippen MR) is 66.5 cm³/mol.